The lowest BCUT2D eigenvalue weighted by atomic mass is 9.81. The summed E-state index contributed by atoms with van der Waals surface area (Å²) in [5.41, 5.74) is 4.79. The molecule has 0 aromatic heterocycles. The van der Waals surface area contributed by atoms with Crippen LogP contribution >= 0.6 is 0 Å². The number of rotatable bonds is 4. The van der Waals surface area contributed by atoms with Crippen LogP contribution in [0.5, 0.6) is 0 Å². The Bertz CT molecular complexity index is 814. The SMILES string of the molecule is OC1(CCc2cccc(C#CCN3Cc4ccccc4C3)c2)CCCCC1. The van der Waals surface area contributed by atoms with Gasteiger partial charge in [0.15, 0.2) is 0 Å². The second-order valence-corrected chi connectivity index (χ2v) is 8.20. The van der Waals surface area contributed by atoms with Crippen molar-refractivity contribution < 1.29 is 5.11 Å². The molecule has 1 N–H and O–H groups in total. The first kappa shape index (κ1) is 18.3. The summed E-state index contributed by atoms with van der Waals surface area (Å²) in [6.07, 6.45) is 7.35. The molecule has 2 aliphatic rings. The van der Waals surface area contributed by atoms with Gasteiger partial charge in [-0.1, -0.05) is 67.5 Å². The first-order valence-electron chi connectivity index (χ1n) is 10.3. The molecule has 140 valence electrons. The van der Waals surface area contributed by atoms with Gasteiger partial charge >= 0.3 is 0 Å². The molecule has 1 fully saturated rings. The van der Waals surface area contributed by atoms with Crippen molar-refractivity contribution in [1.29, 1.82) is 0 Å². The Morgan fingerprint density at radius 2 is 1.67 bits per heavy atom. The van der Waals surface area contributed by atoms with Crippen molar-refractivity contribution in [2.45, 2.75) is 63.6 Å². The Balaban J connectivity index is 1.32. The molecule has 2 aromatic rings. The van der Waals surface area contributed by atoms with Crippen LogP contribution in [0.3, 0.4) is 0 Å². The van der Waals surface area contributed by atoms with Crippen LogP contribution in [0.25, 0.3) is 0 Å². The molecule has 1 heterocycles. The minimum Gasteiger partial charge on any atom is -0.390 e. The zero-order valence-corrected chi connectivity index (χ0v) is 16.1. The molecule has 0 saturated heterocycles. The highest BCUT2D eigenvalue weighted by molar-refractivity contribution is 5.38. The number of hydrogen-bond acceptors (Lipinski definition) is 2. The molecular formula is C25H29NO. The zero-order valence-electron chi connectivity index (χ0n) is 16.1. The van der Waals surface area contributed by atoms with Crippen molar-refractivity contribution in [1.82, 2.24) is 4.90 Å². The Morgan fingerprint density at radius 1 is 0.926 bits per heavy atom. The number of nitrogens with zero attached hydrogens (tertiary/aromatic N) is 1. The highest BCUT2D eigenvalue weighted by Crippen LogP contribution is 2.32. The van der Waals surface area contributed by atoms with Crippen molar-refractivity contribution in [3.05, 3.63) is 70.8 Å². The van der Waals surface area contributed by atoms with Gasteiger partial charge in [0, 0.05) is 18.7 Å². The normalized spacial score (nSPS) is 18.6. The van der Waals surface area contributed by atoms with Crippen LogP contribution in [0.15, 0.2) is 48.5 Å². The van der Waals surface area contributed by atoms with Crippen LogP contribution < -0.4 is 0 Å². The van der Waals surface area contributed by atoms with Gasteiger partial charge in [0.05, 0.1) is 12.1 Å². The summed E-state index contributed by atoms with van der Waals surface area (Å²) in [5.74, 6) is 6.68. The Labute approximate surface area is 163 Å². The fraction of sp³-hybridized carbons (Fsp3) is 0.440. The second-order valence-electron chi connectivity index (χ2n) is 8.20. The van der Waals surface area contributed by atoms with Gasteiger partial charge in [-0.25, -0.2) is 0 Å². The predicted octanol–water partition coefficient (Wildman–Crippen LogP) is 4.68. The van der Waals surface area contributed by atoms with Gasteiger partial charge in [-0.15, -0.1) is 0 Å². The van der Waals surface area contributed by atoms with Gasteiger partial charge in [-0.2, -0.15) is 0 Å². The van der Waals surface area contributed by atoms with Crippen molar-refractivity contribution in [2.24, 2.45) is 0 Å². The number of aliphatic hydroxyl groups is 1. The van der Waals surface area contributed by atoms with E-state index in [4.69, 9.17) is 0 Å². The van der Waals surface area contributed by atoms with E-state index in [1.54, 1.807) is 0 Å². The molecule has 0 unspecified atom stereocenters. The number of aryl methyl sites for hydroxylation is 1. The van der Waals surface area contributed by atoms with E-state index in [-0.39, 0.29) is 0 Å². The average Bonchev–Trinajstić information content (AvgIpc) is 3.10. The lowest BCUT2D eigenvalue weighted by Crippen LogP contribution is -2.31. The minimum atomic E-state index is -0.440. The third-order valence-electron chi connectivity index (χ3n) is 6.03. The Kier molecular flexibility index (Phi) is 5.62. The van der Waals surface area contributed by atoms with E-state index >= 15 is 0 Å². The topological polar surface area (TPSA) is 23.5 Å². The fourth-order valence-corrected chi connectivity index (χ4v) is 4.41. The van der Waals surface area contributed by atoms with E-state index in [0.29, 0.717) is 0 Å². The third-order valence-corrected chi connectivity index (χ3v) is 6.03. The smallest absolute Gasteiger partial charge is 0.0651 e. The maximum Gasteiger partial charge on any atom is 0.0651 e. The van der Waals surface area contributed by atoms with Crippen molar-refractivity contribution >= 4 is 0 Å². The van der Waals surface area contributed by atoms with Gasteiger partial charge in [0.2, 0.25) is 0 Å². The van der Waals surface area contributed by atoms with Crippen LogP contribution in [0.1, 0.15) is 60.8 Å². The summed E-state index contributed by atoms with van der Waals surface area (Å²) >= 11 is 0. The predicted molar refractivity (Wildman–Crippen MR) is 110 cm³/mol. The molecule has 0 radical (unpaired) electrons. The molecule has 4 rings (SSSR count). The maximum atomic E-state index is 10.7. The number of benzene rings is 2. The molecular weight excluding hydrogens is 330 g/mol. The van der Waals surface area contributed by atoms with Crippen molar-refractivity contribution in [3.63, 3.8) is 0 Å². The molecule has 2 nitrogen and oxygen atoms in total. The fourth-order valence-electron chi connectivity index (χ4n) is 4.41. The van der Waals surface area contributed by atoms with Gasteiger partial charge in [-0.05, 0) is 54.5 Å². The Hall–Kier alpha value is -2.08. The van der Waals surface area contributed by atoms with Gasteiger partial charge in [0.25, 0.3) is 0 Å². The first-order chi connectivity index (χ1) is 13.2. The van der Waals surface area contributed by atoms with Crippen LogP contribution in [-0.4, -0.2) is 22.2 Å². The monoisotopic (exact) mass is 359 g/mol. The molecule has 1 saturated carbocycles. The highest BCUT2D eigenvalue weighted by atomic mass is 16.3. The Morgan fingerprint density at radius 3 is 2.41 bits per heavy atom. The highest BCUT2D eigenvalue weighted by Gasteiger charge is 2.28. The van der Waals surface area contributed by atoms with Crippen LogP contribution in [0.2, 0.25) is 0 Å². The molecule has 2 heteroatoms. The van der Waals surface area contributed by atoms with Gasteiger partial charge in [0.1, 0.15) is 0 Å². The summed E-state index contributed by atoms with van der Waals surface area (Å²) in [6, 6.07) is 17.2. The largest absolute Gasteiger partial charge is 0.390 e. The van der Waals surface area contributed by atoms with E-state index in [2.05, 4.69) is 65.3 Å². The number of hydrogen-bond donors (Lipinski definition) is 1. The quantitative estimate of drug-likeness (QED) is 0.801. The standard InChI is InChI=1S/C25H29NO/c27-25(14-4-1-5-15-25)16-13-22-9-6-8-21(18-22)10-7-17-26-19-23-11-2-3-12-24(23)20-26/h2-3,6,8-9,11-12,18,27H,1,4-5,13-17,19-20H2. The molecule has 0 spiro atoms. The van der Waals surface area contributed by atoms with E-state index in [1.807, 2.05) is 0 Å². The van der Waals surface area contributed by atoms with Crippen LogP contribution in [-0.2, 0) is 19.5 Å². The lowest BCUT2D eigenvalue weighted by molar-refractivity contribution is -0.00342. The molecule has 0 bridgehead atoms. The van der Waals surface area contributed by atoms with Crippen molar-refractivity contribution in [3.8, 4) is 11.8 Å². The van der Waals surface area contributed by atoms with Gasteiger partial charge < -0.3 is 5.11 Å². The maximum absolute atomic E-state index is 10.7. The van der Waals surface area contributed by atoms with E-state index in [1.165, 1.54) is 36.0 Å². The molecule has 1 aliphatic carbocycles. The second kappa shape index (κ2) is 8.30. The molecule has 1 aliphatic heterocycles. The van der Waals surface area contributed by atoms with E-state index < -0.39 is 5.60 Å². The van der Waals surface area contributed by atoms with E-state index in [0.717, 1.165) is 50.9 Å². The zero-order chi connectivity index (χ0) is 18.5. The van der Waals surface area contributed by atoms with Gasteiger partial charge in [-0.3, -0.25) is 4.90 Å². The summed E-state index contributed by atoms with van der Waals surface area (Å²) < 4.78 is 0. The molecule has 2 aromatic carbocycles. The first-order valence-corrected chi connectivity index (χ1v) is 10.3. The summed E-state index contributed by atoms with van der Waals surface area (Å²) in [4.78, 5) is 2.39. The van der Waals surface area contributed by atoms with Crippen LogP contribution in [0, 0.1) is 11.8 Å². The number of fused-ring (bicyclic) bond motifs is 1. The third kappa shape index (κ3) is 4.80. The molecule has 27 heavy (non-hydrogen) atoms. The summed E-state index contributed by atoms with van der Waals surface area (Å²) in [7, 11) is 0. The minimum absolute atomic E-state index is 0.440. The summed E-state index contributed by atoms with van der Waals surface area (Å²) in [5, 5.41) is 10.7. The lowest BCUT2D eigenvalue weighted by Gasteiger charge is -2.32. The van der Waals surface area contributed by atoms with Crippen LogP contribution in [0.4, 0.5) is 0 Å². The molecule has 0 amide bonds. The van der Waals surface area contributed by atoms with Crippen molar-refractivity contribution in [2.75, 3.05) is 6.54 Å². The average molecular weight is 360 g/mol. The summed E-state index contributed by atoms with van der Waals surface area (Å²) in [6.45, 7) is 2.81. The molecule has 0 atom stereocenters. The van der Waals surface area contributed by atoms with E-state index in [9.17, 15) is 5.11 Å².